The van der Waals surface area contributed by atoms with Crippen molar-refractivity contribution >= 4 is 28.4 Å². The molecule has 0 unspecified atom stereocenters. The molecule has 1 aliphatic rings. The molecular weight excluding hydrogens is 350 g/mol. The molecular formula is C23H23N3O2. The minimum absolute atomic E-state index is 0.236. The van der Waals surface area contributed by atoms with Gasteiger partial charge in [0.2, 0.25) is 0 Å². The van der Waals surface area contributed by atoms with E-state index in [2.05, 4.69) is 27.8 Å². The van der Waals surface area contributed by atoms with Gasteiger partial charge in [-0.1, -0.05) is 36.4 Å². The summed E-state index contributed by atoms with van der Waals surface area (Å²) in [6.45, 7) is 1.90. The number of hydrogen-bond acceptors (Lipinski definition) is 3. The first kappa shape index (κ1) is 18.2. The van der Waals surface area contributed by atoms with E-state index in [0.717, 1.165) is 29.3 Å². The van der Waals surface area contributed by atoms with E-state index in [1.165, 1.54) is 24.0 Å². The number of para-hydroxylation sites is 1. The van der Waals surface area contributed by atoms with Crippen molar-refractivity contribution in [3.8, 4) is 0 Å². The minimum Gasteiger partial charge on any atom is -0.341 e. The summed E-state index contributed by atoms with van der Waals surface area (Å²) in [6, 6.07) is 15.5. The second-order valence-corrected chi connectivity index (χ2v) is 7.30. The third-order valence-corrected chi connectivity index (χ3v) is 5.27. The van der Waals surface area contributed by atoms with Crippen molar-refractivity contribution in [2.75, 3.05) is 5.32 Å². The van der Waals surface area contributed by atoms with E-state index in [1.54, 1.807) is 12.3 Å². The number of fused-ring (bicyclic) bond motifs is 2. The summed E-state index contributed by atoms with van der Waals surface area (Å²) in [4.78, 5) is 28.9. The Morgan fingerprint density at radius 2 is 1.75 bits per heavy atom. The predicted octanol–water partition coefficient (Wildman–Crippen LogP) is 3.93. The zero-order chi connectivity index (χ0) is 19.5. The Kier molecular flexibility index (Phi) is 5.06. The molecule has 1 heterocycles. The first-order valence-electron chi connectivity index (χ1n) is 9.68. The number of carbonyl (C=O) groups is 2. The van der Waals surface area contributed by atoms with Crippen LogP contribution in [0.5, 0.6) is 0 Å². The molecule has 2 aromatic carbocycles. The van der Waals surface area contributed by atoms with Crippen LogP contribution in [0.25, 0.3) is 10.9 Å². The van der Waals surface area contributed by atoms with Crippen molar-refractivity contribution in [3.63, 3.8) is 0 Å². The van der Waals surface area contributed by atoms with Crippen LogP contribution < -0.4 is 10.6 Å². The number of rotatable bonds is 3. The number of nitrogens with zero attached hydrogens (tertiary/aromatic N) is 1. The van der Waals surface area contributed by atoms with Gasteiger partial charge in [-0.25, -0.2) is 0 Å². The lowest BCUT2D eigenvalue weighted by Gasteiger charge is -2.20. The van der Waals surface area contributed by atoms with E-state index in [0.29, 0.717) is 5.69 Å². The number of aryl methyl sites for hydroxylation is 2. The van der Waals surface area contributed by atoms with Gasteiger partial charge in [0.25, 0.3) is 0 Å². The van der Waals surface area contributed by atoms with Crippen molar-refractivity contribution in [3.05, 3.63) is 71.4 Å². The number of nitrogens with one attached hydrogen (secondary N) is 2. The van der Waals surface area contributed by atoms with E-state index in [9.17, 15) is 9.59 Å². The molecule has 1 atom stereocenters. The molecule has 5 heteroatoms. The summed E-state index contributed by atoms with van der Waals surface area (Å²) < 4.78 is 0. The second-order valence-electron chi connectivity index (χ2n) is 7.30. The highest BCUT2D eigenvalue weighted by Crippen LogP contribution is 2.24. The Hall–Kier alpha value is -3.21. The second kappa shape index (κ2) is 7.80. The lowest BCUT2D eigenvalue weighted by molar-refractivity contribution is -0.136. The number of benzene rings is 2. The van der Waals surface area contributed by atoms with Crippen molar-refractivity contribution in [2.45, 2.75) is 38.6 Å². The van der Waals surface area contributed by atoms with Crippen LogP contribution in [0.4, 0.5) is 5.69 Å². The summed E-state index contributed by atoms with van der Waals surface area (Å²) in [5.74, 6) is -1.35. The van der Waals surface area contributed by atoms with Crippen LogP contribution in [0.1, 0.15) is 42.5 Å². The molecule has 5 nitrogen and oxygen atoms in total. The molecule has 2 amide bonds. The monoisotopic (exact) mass is 373 g/mol. The van der Waals surface area contributed by atoms with Crippen LogP contribution in [0.2, 0.25) is 0 Å². The zero-order valence-corrected chi connectivity index (χ0v) is 15.9. The average Bonchev–Trinajstić information content (AvgIpc) is 2.73. The van der Waals surface area contributed by atoms with Crippen LogP contribution in [0.3, 0.4) is 0 Å². The average molecular weight is 373 g/mol. The Balaban J connectivity index is 1.41. The van der Waals surface area contributed by atoms with E-state index >= 15 is 0 Å². The van der Waals surface area contributed by atoms with Gasteiger partial charge >= 0.3 is 11.8 Å². The first-order valence-corrected chi connectivity index (χ1v) is 9.68. The van der Waals surface area contributed by atoms with Crippen LogP contribution in [0.15, 0.2) is 54.7 Å². The Morgan fingerprint density at radius 3 is 2.61 bits per heavy atom. The fraction of sp³-hybridized carbons (Fsp3) is 0.261. The summed E-state index contributed by atoms with van der Waals surface area (Å²) in [5, 5.41) is 6.32. The van der Waals surface area contributed by atoms with Gasteiger partial charge in [-0.2, -0.15) is 0 Å². The molecule has 4 rings (SSSR count). The minimum atomic E-state index is -0.693. The Labute approximate surface area is 164 Å². The molecule has 142 valence electrons. The Bertz CT molecular complexity index is 1040. The smallest absolute Gasteiger partial charge is 0.313 e. The van der Waals surface area contributed by atoms with Gasteiger partial charge in [-0.15, -0.1) is 0 Å². The molecule has 0 saturated carbocycles. The maximum Gasteiger partial charge on any atom is 0.313 e. The van der Waals surface area contributed by atoms with Gasteiger partial charge in [-0.3, -0.25) is 14.6 Å². The molecule has 0 saturated heterocycles. The highest BCUT2D eigenvalue weighted by Gasteiger charge is 2.19. The molecule has 0 radical (unpaired) electrons. The SMILES string of the molecule is C[C@H](NC(=O)C(=O)Nc1cnc2ccccc2c1)c1ccc2c(c1)CCCC2. The summed E-state index contributed by atoms with van der Waals surface area (Å²) in [7, 11) is 0. The molecule has 0 aliphatic heterocycles. The summed E-state index contributed by atoms with van der Waals surface area (Å²) in [5.41, 5.74) is 5.12. The molecule has 1 aliphatic carbocycles. The van der Waals surface area contributed by atoms with Gasteiger partial charge in [0.05, 0.1) is 23.4 Å². The fourth-order valence-electron chi connectivity index (χ4n) is 3.70. The van der Waals surface area contributed by atoms with Gasteiger partial charge < -0.3 is 10.6 Å². The van der Waals surface area contributed by atoms with Crippen molar-refractivity contribution in [2.24, 2.45) is 0 Å². The quantitative estimate of drug-likeness (QED) is 0.684. The number of hydrogen-bond donors (Lipinski definition) is 2. The number of amides is 2. The summed E-state index contributed by atoms with van der Waals surface area (Å²) in [6.07, 6.45) is 6.21. The highest BCUT2D eigenvalue weighted by molar-refractivity contribution is 6.39. The lowest BCUT2D eigenvalue weighted by Crippen LogP contribution is -2.37. The third-order valence-electron chi connectivity index (χ3n) is 5.27. The maximum absolute atomic E-state index is 12.3. The topological polar surface area (TPSA) is 71.1 Å². The standard InChI is InChI=1S/C23H23N3O2/c1-15(17-11-10-16-6-2-3-7-18(16)12-17)25-22(27)23(28)26-20-13-19-8-4-5-9-21(19)24-14-20/h4-5,8-15H,2-3,6-7H2,1H3,(H,25,27)(H,26,28)/t15-/m0/s1. The molecule has 3 aromatic rings. The van der Waals surface area contributed by atoms with Crippen molar-refractivity contribution in [1.29, 1.82) is 0 Å². The zero-order valence-electron chi connectivity index (χ0n) is 15.9. The number of pyridine rings is 1. The first-order chi connectivity index (χ1) is 13.6. The van der Waals surface area contributed by atoms with Gasteiger partial charge in [0.15, 0.2) is 0 Å². The number of anilines is 1. The molecule has 0 spiro atoms. The molecule has 0 bridgehead atoms. The maximum atomic E-state index is 12.3. The van der Waals surface area contributed by atoms with E-state index in [1.807, 2.05) is 37.3 Å². The van der Waals surface area contributed by atoms with Gasteiger partial charge in [0, 0.05) is 5.39 Å². The van der Waals surface area contributed by atoms with E-state index in [4.69, 9.17) is 0 Å². The van der Waals surface area contributed by atoms with Crippen molar-refractivity contribution in [1.82, 2.24) is 10.3 Å². The largest absolute Gasteiger partial charge is 0.341 e. The highest BCUT2D eigenvalue weighted by atomic mass is 16.2. The molecule has 2 N–H and O–H groups in total. The molecule has 1 aromatic heterocycles. The third kappa shape index (κ3) is 3.88. The van der Waals surface area contributed by atoms with E-state index < -0.39 is 11.8 Å². The van der Waals surface area contributed by atoms with Crippen LogP contribution in [-0.2, 0) is 22.4 Å². The predicted molar refractivity (Wildman–Crippen MR) is 110 cm³/mol. The van der Waals surface area contributed by atoms with Gasteiger partial charge in [0.1, 0.15) is 0 Å². The van der Waals surface area contributed by atoms with Crippen LogP contribution in [0, 0.1) is 0 Å². The number of aromatic nitrogens is 1. The Morgan fingerprint density at radius 1 is 0.964 bits per heavy atom. The van der Waals surface area contributed by atoms with Crippen molar-refractivity contribution < 1.29 is 9.59 Å². The molecule has 28 heavy (non-hydrogen) atoms. The lowest BCUT2D eigenvalue weighted by atomic mass is 9.89. The molecule has 0 fully saturated rings. The van der Waals surface area contributed by atoms with Crippen LogP contribution >= 0.6 is 0 Å². The summed E-state index contributed by atoms with van der Waals surface area (Å²) >= 11 is 0. The number of carbonyl (C=O) groups excluding carboxylic acids is 2. The van der Waals surface area contributed by atoms with Gasteiger partial charge in [-0.05, 0) is 61.4 Å². The fourth-order valence-corrected chi connectivity index (χ4v) is 3.70. The van der Waals surface area contributed by atoms with E-state index in [-0.39, 0.29) is 6.04 Å². The van der Waals surface area contributed by atoms with Crippen LogP contribution in [-0.4, -0.2) is 16.8 Å². The normalized spacial score (nSPS) is 14.2.